The number of aryl methyl sites for hydroxylation is 1. The van der Waals surface area contributed by atoms with Crippen molar-refractivity contribution in [2.24, 2.45) is 0 Å². The van der Waals surface area contributed by atoms with Crippen molar-refractivity contribution in [1.29, 1.82) is 0 Å². The van der Waals surface area contributed by atoms with Crippen LogP contribution in [0.15, 0.2) is 65.8 Å². The average molecular weight is 672 g/mol. The molecule has 3 rings (SSSR count). The van der Waals surface area contributed by atoms with Gasteiger partial charge in [0.1, 0.15) is 4.90 Å². The van der Waals surface area contributed by atoms with E-state index in [2.05, 4.69) is 15.1 Å². The fourth-order valence-corrected chi connectivity index (χ4v) is 7.33. The molecule has 232 valence electrons. The van der Waals surface area contributed by atoms with E-state index >= 15 is 0 Å². The maximum Gasteiger partial charge on any atom is 0.323 e. The standard InChI is InChI=1S/C28H32Cl2N4O7S2/c1-19-18-31-13-12-24(19)23-8-4-7-22(17-23)20(2)34(43(39,40)26-10-5-9-25(29)28(26)30)15-6-11-27(36)32-14-16-42(37,38)33-41-21(3)35/h4-5,7-10,12-13,17-18,20,33H,6,11,14-16H2,1-3H3,(H,32,36)/t20-/m0/s1. The number of pyridine rings is 1. The van der Waals surface area contributed by atoms with E-state index in [-0.39, 0.29) is 40.9 Å². The molecule has 0 aliphatic heterocycles. The molecule has 0 aliphatic carbocycles. The molecule has 43 heavy (non-hydrogen) atoms. The molecule has 0 aliphatic rings. The summed E-state index contributed by atoms with van der Waals surface area (Å²) in [6.45, 7) is 4.42. The highest BCUT2D eigenvalue weighted by Crippen LogP contribution is 2.35. The highest BCUT2D eigenvalue weighted by molar-refractivity contribution is 7.89. The number of nitrogens with zero attached hydrogens (tertiary/aromatic N) is 2. The molecule has 1 atom stereocenters. The molecule has 0 fully saturated rings. The first kappa shape index (κ1) is 34.4. The van der Waals surface area contributed by atoms with Crippen molar-refractivity contribution < 1.29 is 31.3 Å². The van der Waals surface area contributed by atoms with Crippen LogP contribution in [0.3, 0.4) is 0 Å². The molecular weight excluding hydrogens is 639 g/mol. The normalized spacial score (nSPS) is 12.6. The second-order valence-electron chi connectivity index (χ2n) is 9.61. The molecule has 0 bridgehead atoms. The van der Waals surface area contributed by atoms with Crippen LogP contribution >= 0.6 is 23.2 Å². The number of rotatable bonds is 14. The van der Waals surface area contributed by atoms with Gasteiger partial charge in [0.05, 0.1) is 15.8 Å². The lowest BCUT2D eigenvalue weighted by Gasteiger charge is -2.29. The monoisotopic (exact) mass is 670 g/mol. The van der Waals surface area contributed by atoms with Crippen molar-refractivity contribution in [3.8, 4) is 11.1 Å². The van der Waals surface area contributed by atoms with Crippen molar-refractivity contribution in [3.05, 3.63) is 82.1 Å². The van der Waals surface area contributed by atoms with Gasteiger partial charge in [-0.15, -0.1) is 0 Å². The molecule has 0 saturated heterocycles. The molecule has 0 spiro atoms. The molecule has 1 aromatic heterocycles. The van der Waals surface area contributed by atoms with E-state index in [9.17, 15) is 26.4 Å². The summed E-state index contributed by atoms with van der Waals surface area (Å²) >= 11 is 12.5. The van der Waals surface area contributed by atoms with Crippen molar-refractivity contribution in [2.75, 3.05) is 18.8 Å². The summed E-state index contributed by atoms with van der Waals surface area (Å²) in [5, 5.41) is 2.45. The Balaban J connectivity index is 1.80. The summed E-state index contributed by atoms with van der Waals surface area (Å²) in [6, 6.07) is 13.1. The van der Waals surface area contributed by atoms with E-state index in [0.717, 1.165) is 23.6 Å². The molecule has 2 N–H and O–H groups in total. The predicted molar refractivity (Wildman–Crippen MR) is 164 cm³/mol. The average Bonchev–Trinajstić information content (AvgIpc) is 2.95. The van der Waals surface area contributed by atoms with Crippen LogP contribution in [-0.4, -0.2) is 56.8 Å². The minimum atomic E-state index is -4.19. The van der Waals surface area contributed by atoms with Gasteiger partial charge in [0.2, 0.25) is 26.0 Å². The number of sulfonamides is 2. The van der Waals surface area contributed by atoms with Crippen molar-refractivity contribution in [1.82, 2.24) is 19.5 Å². The first-order valence-corrected chi connectivity index (χ1v) is 17.0. The minimum Gasteiger partial charge on any atom is -0.356 e. The van der Waals surface area contributed by atoms with Crippen molar-refractivity contribution in [2.45, 2.75) is 44.6 Å². The Morgan fingerprint density at radius 3 is 2.49 bits per heavy atom. The highest BCUT2D eigenvalue weighted by Gasteiger charge is 2.32. The molecule has 15 heteroatoms. The molecule has 0 unspecified atom stereocenters. The molecule has 2 aromatic carbocycles. The number of hydrogen-bond acceptors (Lipinski definition) is 8. The zero-order valence-electron chi connectivity index (χ0n) is 23.7. The van der Waals surface area contributed by atoms with E-state index in [1.165, 1.54) is 22.5 Å². The number of carbonyl (C=O) groups excluding carboxylic acids is 2. The first-order chi connectivity index (χ1) is 20.2. The number of halogens is 2. The topological polar surface area (TPSA) is 152 Å². The smallest absolute Gasteiger partial charge is 0.323 e. The molecule has 1 heterocycles. The molecule has 0 radical (unpaired) electrons. The van der Waals surface area contributed by atoms with Gasteiger partial charge in [-0.25, -0.2) is 16.8 Å². The van der Waals surface area contributed by atoms with Crippen LogP contribution in [0.5, 0.6) is 0 Å². The largest absolute Gasteiger partial charge is 0.356 e. The number of benzene rings is 2. The predicted octanol–water partition coefficient (Wildman–Crippen LogP) is 4.41. The summed E-state index contributed by atoms with van der Waals surface area (Å²) in [7, 11) is -8.14. The van der Waals surface area contributed by atoms with Crippen LogP contribution in [0, 0.1) is 6.92 Å². The van der Waals surface area contributed by atoms with Gasteiger partial charge < -0.3 is 10.2 Å². The van der Waals surface area contributed by atoms with Crippen LogP contribution in [0.1, 0.15) is 43.9 Å². The molecular formula is C28H32Cl2N4O7S2. The lowest BCUT2D eigenvalue weighted by molar-refractivity contribution is -0.144. The van der Waals surface area contributed by atoms with Crippen LogP contribution in [0.2, 0.25) is 10.0 Å². The third-order valence-corrected chi connectivity index (χ3v) is 10.4. The Hall–Kier alpha value is -3.07. The second kappa shape index (κ2) is 15.1. The Morgan fingerprint density at radius 1 is 1.07 bits per heavy atom. The van der Waals surface area contributed by atoms with Crippen LogP contribution < -0.4 is 10.2 Å². The van der Waals surface area contributed by atoms with Crippen LogP contribution in [0.4, 0.5) is 0 Å². The van der Waals surface area contributed by atoms with E-state index in [1.54, 1.807) is 24.2 Å². The maximum absolute atomic E-state index is 14.0. The lowest BCUT2D eigenvalue weighted by atomic mass is 9.98. The molecule has 3 aromatic rings. The number of hydrogen-bond donors (Lipinski definition) is 2. The van der Waals surface area contributed by atoms with Gasteiger partial charge in [-0.1, -0.05) is 47.5 Å². The maximum atomic E-state index is 14.0. The molecule has 11 nitrogen and oxygen atoms in total. The quantitative estimate of drug-likeness (QED) is 0.239. The first-order valence-electron chi connectivity index (χ1n) is 13.1. The third-order valence-electron chi connectivity index (χ3n) is 6.42. The summed E-state index contributed by atoms with van der Waals surface area (Å²) < 4.78 is 52.8. The van der Waals surface area contributed by atoms with E-state index < -0.39 is 43.7 Å². The summed E-state index contributed by atoms with van der Waals surface area (Å²) in [5.41, 5.74) is 3.52. The minimum absolute atomic E-state index is 0.0510. The summed E-state index contributed by atoms with van der Waals surface area (Å²) in [5.74, 6) is -1.84. The highest BCUT2D eigenvalue weighted by atomic mass is 35.5. The van der Waals surface area contributed by atoms with Crippen molar-refractivity contribution >= 4 is 55.1 Å². The van der Waals surface area contributed by atoms with Gasteiger partial charge in [-0.05, 0) is 71.7 Å². The van der Waals surface area contributed by atoms with Crippen LogP contribution in [-0.2, 0) is 34.5 Å². The number of nitrogens with one attached hydrogen (secondary N) is 2. The van der Waals surface area contributed by atoms with Gasteiger partial charge in [0, 0.05) is 44.9 Å². The fraction of sp³-hybridized carbons (Fsp3) is 0.321. The lowest BCUT2D eigenvalue weighted by Crippen LogP contribution is -2.37. The summed E-state index contributed by atoms with van der Waals surface area (Å²) in [6.07, 6.45) is 3.47. The fourth-order valence-electron chi connectivity index (χ4n) is 4.23. The number of carbonyl (C=O) groups is 2. The van der Waals surface area contributed by atoms with Gasteiger partial charge in [-0.3, -0.25) is 14.6 Å². The van der Waals surface area contributed by atoms with E-state index in [4.69, 9.17) is 23.2 Å². The number of amides is 1. The van der Waals surface area contributed by atoms with Crippen molar-refractivity contribution in [3.63, 3.8) is 0 Å². The Morgan fingerprint density at radius 2 is 1.79 bits per heavy atom. The number of aromatic nitrogens is 1. The SMILES string of the molecule is CC(=O)ONS(=O)(=O)CCNC(=O)CCCN([C@@H](C)c1cccc(-c2ccncc2C)c1)S(=O)(=O)c1cccc(Cl)c1Cl. The third kappa shape index (κ3) is 9.46. The van der Waals surface area contributed by atoms with E-state index in [0.29, 0.717) is 5.56 Å². The van der Waals surface area contributed by atoms with E-state index in [1.807, 2.05) is 37.3 Å². The second-order valence-corrected chi connectivity index (χ2v) is 14.1. The van der Waals surface area contributed by atoms with Crippen LogP contribution in [0.25, 0.3) is 11.1 Å². The van der Waals surface area contributed by atoms with Gasteiger partial charge >= 0.3 is 5.97 Å². The zero-order valence-corrected chi connectivity index (χ0v) is 26.9. The molecule has 1 amide bonds. The Bertz CT molecular complexity index is 1690. The zero-order chi connectivity index (χ0) is 31.8. The Kier molecular flexibility index (Phi) is 12.1. The van der Waals surface area contributed by atoms with Gasteiger partial charge in [0.25, 0.3) is 0 Å². The summed E-state index contributed by atoms with van der Waals surface area (Å²) in [4.78, 5) is 33.1. The van der Waals surface area contributed by atoms with Gasteiger partial charge in [-0.2, -0.15) is 4.31 Å². The van der Waals surface area contributed by atoms with Gasteiger partial charge in [0.15, 0.2) is 0 Å². The Labute approximate surface area is 261 Å². The molecule has 0 saturated carbocycles.